The monoisotopic (exact) mass is 344 g/mol. The molecule has 0 spiro atoms. The summed E-state index contributed by atoms with van der Waals surface area (Å²) in [7, 11) is 0. The summed E-state index contributed by atoms with van der Waals surface area (Å²) in [5, 5.41) is 0. The van der Waals surface area contributed by atoms with Gasteiger partial charge in [0.25, 0.3) is 0 Å². The molecule has 0 saturated carbocycles. The van der Waals surface area contributed by atoms with E-state index < -0.39 is 0 Å². The fraction of sp³-hybridized carbons (Fsp3) is 0.167. The third-order valence-corrected chi connectivity index (χ3v) is 3.90. The minimum atomic E-state index is -0.0688. The molecule has 0 amide bonds. The van der Waals surface area contributed by atoms with Crippen molar-refractivity contribution < 1.29 is 9.59 Å². The van der Waals surface area contributed by atoms with Crippen LogP contribution in [-0.4, -0.2) is 11.6 Å². The highest BCUT2D eigenvalue weighted by molar-refractivity contribution is 6.17. The van der Waals surface area contributed by atoms with E-state index >= 15 is 0 Å². The number of allylic oxidation sites excluding steroid dienone is 4. The predicted octanol–water partition coefficient (Wildman–Crippen LogP) is 5.67. The highest BCUT2D eigenvalue weighted by Gasteiger charge is 2.11. The lowest BCUT2D eigenvalue weighted by Gasteiger charge is -2.04. The van der Waals surface area contributed by atoms with Crippen molar-refractivity contribution in [3.63, 3.8) is 0 Å². The first kappa shape index (κ1) is 19.3. The van der Waals surface area contributed by atoms with E-state index in [2.05, 4.69) is 43.3 Å². The zero-order valence-corrected chi connectivity index (χ0v) is 15.1. The molecule has 2 aromatic rings. The number of rotatable bonds is 5. The summed E-state index contributed by atoms with van der Waals surface area (Å²) in [5.41, 5.74) is 3.12. The lowest BCUT2D eigenvalue weighted by molar-refractivity contribution is -0.114. The van der Waals surface area contributed by atoms with Crippen LogP contribution in [0, 0.1) is 0 Å². The Morgan fingerprint density at radius 2 is 1.31 bits per heavy atom. The minimum absolute atomic E-state index is 0.0111. The Labute approximate surface area is 155 Å². The van der Waals surface area contributed by atoms with Crippen LogP contribution >= 0.6 is 0 Å². The first-order valence-electron chi connectivity index (χ1n) is 8.94. The van der Waals surface area contributed by atoms with E-state index in [9.17, 15) is 9.59 Å². The van der Waals surface area contributed by atoms with Crippen molar-refractivity contribution in [1.82, 2.24) is 0 Å². The first-order chi connectivity index (χ1) is 12.7. The van der Waals surface area contributed by atoms with Gasteiger partial charge in [-0.25, -0.2) is 0 Å². The molecule has 1 aliphatic carbocycles. The first-order valence-corrected chi connectivity index (χ1v) is 8.94. The van der Waals surface area contributed by atoms with Gasteiger partial charge in [-0.05, 0) is 42.2 Å². The van der Waals surface area contributed by atoms with Gasteiger partial charge < -0.3 is 0 Å². The van der Waals surface area contributed by atoms with Gasteiger partial charge >= 0.3 is 0 Å². The predicted molar refractivity (Wildman–Crippen MR) is 109 cm³/mol. The van der Waals surface area contributed by atoms with Crippen molar-refractivity contribution in [2.45, 2.75) is 26.2 Å². The average Bonchev–Trinajstić information content (AvgIpc) is 2.69. The Morgan fingerprint density at radius 1 is 0.769 bits per heavy atom. The van der Waals surface area contributed by atoms with Gasteiger partial charge in [0.1, 0.15) is 0 Å². The molecule has 2 aromatic carbocycles. The van der Waals surface area contributed by atoms with E-state index in [4.69, 9.17) is 0 Å². The molecule has 0 bridgehead atoms. The van der Waals surface area contributed by atoms with Crippen LogP contribution in [0.4, 0.5) is 0 Å². The van der Waals surface area contributed by atoms with Crippen molar-refractivity contribution in [2.24, 2.45) is 0 Å². The smallest absolute Gasteiger partial charge is 0.182 e. The lowest BCUT2D eigenvalue weighted by Crippen LogP contribution is -2.07. The molecule has 0 saturated heterocycles. The molecule has 0 aliphatic heterocycles. The van der Waals surface area contributed by atoms with Crippen molar-refractivity contribution >= 4 is 23.7 Å². The van der Waals surface area contributed by atoms with Crippen molar-refractivity contribution in [2.75, 3.05) is 0 Å². The maximum atomic E-state index is 11.1. The van der Waals surface area contributed by atoms with Crippen LogP contribution < -0.4 is 0 Å². The molecule has 2 heteroatoms. The maximum absolute atomic E-state index is 11.1. The van der Waals surface area contributed by atoms with Gasteiger partial charge in [-0.1, -0.05) is 86.2 Å². The zero-order valence-electron chi connectivity index (χ0n) is 15.1. The van der Waals surface area contributed by atoms with E-state index in [1.807, 2.05) is 36.4 Å². The molecule has 0 N–H and O–H groups in total. The summed E-state index contributed by atoms with van der Waals surface area (Å²) in [4.78, 5) is 22.0. The van der Waals surface area contributed by atoms with Crippen LogP contribution in [-0.2, 0) is 9.59 Å². The van der Waals surface area contributed by atoms with Gasteiger partial charge in [0.15, 0.2) is 11.6 Å². The number of hydrogen-bond donors (Lipinski definition) is 0. The molecule has 1 aliphatic rings. The Bertz CT molecular complexity index is 755. The molecule has 0 atom stereocenters. The summed E-state index contributed by atoms with van der Waals surface area (Å²) >= 11 is 0. The molecule has 0 fully saturated rings. The summed E-state index contributed by atoms with van der Waals surface area (Å²) in [5.74, 6) is -0.0799. The summed E-state index contributed by atoms with van der Waals surface area (Å²) in [6, 6.07) is 20.6. The third kappa shape index (κ3) is 6.86. The van der Waals surface area contributed by atoms with Crippen LogP contribution in [0.2, 0.25) is 0 Å². The molecular weight excluding hydrogens is 320 g/mol. The van der Waals surface area contributed by atoms with E-state index in [1.165, 1.54) is 29.4 Å². The Balaban J connectivity index is 0.000000190. The van der Waals surface area contributed by atoms with E-state index in [0.717, 1.165) is 19.3 Å². The van der Waals surface area contributed by atoms with Crippen molar-refractivity contribution in [1.29, 1.82) is 0 Å². The molecule has 0 radical (unpaired) electrons. The number of ketones is 2. The largest absolute Gasteiger partial charge is 0.290 e. The van der Waals surface area contributed by atoms with E-state index in [-0.39, 0.29) is 11.6 Å². The molecule has 3 rings (SSSR count). The normalized spacial score (nSPS) is 13.3. The van der Waals surface area contributed by atoms with Crippen LogP contribution in [0.15, 0.2) is 84.5 Å². The fourth-order valence-corrected chi connectivity index (χ4v) is 2.44. The second kappa shape index (κ2) is 10.8. The van der Waals surface area contributed by atoms with Gasteiger partial charge in [0.05, 0.1) is 0 Å². The zero-order chi connectivity index (χ0) is 18.6. The van der Waals surface area contributed by atoms with Gasteiger partial charge in [-0.3, -0.25) is 9.59 Å². The summed E-state index contributed by atoms with van der Waals surface area (Å²) in [6.07, 6.45) is 11.1. The quantitative estimate of drug-likeness (QED) is 0.517. The van der Waals surface area contributed by atoms with Gasteiger partial charge in [-0.15, -0.1) is 0 Å². The van der Waals surface area contributed by atoms with E-state index in [0.29, 0.717) is 5.57 Å². The molecular formula is C24H24O2. The highest BCUT2D eigenvalue weighted by atomic mass is 16.1. The Morgan fingerprint density at radius 3 is 1.81 bits per heavy atom. The van der Waals surface area contributed by atoms with Crippen LogP contribution in [0.5, 0.6) is 0 Å². The molecule has 0 heterocycles. The second-order valence-electron chi connectivity index (χ2n) is 6.03. The van der Waals surface area contributed by atoms with E-state index in [1.54, 1.807) is 0 Å². The number of carbonyl (C=O) groups is 2. The van der Waals surface area contributed by atoms with Crippen LogP contribution in [0.1, 0.15) is 37.3 Å². The molecule has 0 aromatic heterocycles. The molecule has 26 heavy (non-hydrogen) atoms. The topological polar surface area (TPSA) is 34.1 Å². The number of unbranched alkanes of at least 4 members (excludes halogenated alkanes) is 1. The Kier molecular flexibility index (Phi) is 8.01. The number of benzene rings is 2. The standard InChI is InChI=1S/C14H12.C10H12O2/c1-3-7-13(8-4-1)11-12-14-9-5-2-6-10-14;1-2-3-4-8-7-9(11)5-6-10(8)12/h1-12H;5-7H,2-4H2,1H3. The van der Waals surface area contributed by atoms with Crippen molar-refractivity contribution in [3.8, 4) is 0 Å². The van der Waals surface area contributed by atoms with Gasteiger partial charge in [0.2, 0.25) is 0 Å². The average molecular weight is 344 g/mol. The lowest BCUT2D eigenvalue weighted by atomic mass is 9.99. The van der Waals surface area contributed by atoms with Gasteiger partial charge in [-0.2, -0.15) is 0 Å². The van der Waals surface area contributed by atoms with Crippen molar-refractivity contribution in [3.05, 3.63) is 95.6 Å². The SMILES string of the molecule is C(=Cc1ccccc1)c1ccccc1.CCCCC1=CC(=O)C=CC1=O. The number of hydrogen-bond acceptors (Lipinski definition) is 2. The fourth-order valence-electron chi connectivity index (χ4n) is 2.44. The maximum Gasteiger partial charge on any atom is 0.182 e. The van der Waals surface area contributed by atoms with Gasteiger partial charge in [0, 0.05) is 5.57 Å². The Hall–Kier alpha value is -3.00. The van der Waals surface area contributed by atoms with Crippen LogP contribution in [0.25, 0.3) is 12.2 Å². The molecule has 0 unspecified atom stereocenters. The molecule has 132 valence electrons. The third-order valence-electron chi connectivity index (χ3n) is 3.90. The summed E-state index contributed by atoms with van der Waals surface area (Å²) < 4.78 is 0. The summed E-state index contributed by atoms with van der Waals surface area (Å²) in [6.45, 7) is 2.06. The highest BCUT2D eigenvalue weighted by Crippen LogP contribution is 2.12. The second-order valence-corrected chi connectivity index (χ2v) is 6.03. The van der Waals surface area contributed by atoms with Crippen LogP contribution in [0.3, 0.4) is 0 Å². The molecule has 2 nitrogen and oxygen atoms in total. The minimum Gasteiger partial charge on any atom is -0.290 e. The number of carbonyl (C=O) groups excluding carboxylic acids is 2.